The number of alkyl halides is 3. The van der Waals surface area contributed by atoms with Crippen LogP contribution in [0, 0.1) is 22.7 Å². The third-order valence-electron chi connectivity index (χ3n) is 5.20. The van der Waals surface area contributed by atoms with Gasteiger partial charge in [0.15, 0.2) is 11.6 Å². The van der Waals surface area contributed by atoms with Crippen LogP contribution in [0.3, 0.4) is 0 Å². The number of aliphatic carboxylic acids is 1. The van der Waals surface area contributed by atoms with Gasteiger partial charge in [-0.3, -0.25) is 4.79 Å². The number of rotatable bonds is 6. The minimum atomic E-state index is -5.08. The van der Waals surface area contributed by atoms with Gasteiger partial charge in [-0.1, -0.05) is 42.1 Å². The molecule has 0 spiro atoms. The molecule has 1 aliphatic rings. The van der Waals surface area contributed by atoms with E-state index in [1.165, 1.54) is 7.11 Å². The summed E-state index contributed by atoms with van der Waals surface area (Å²) < 4.78 is 37.2. The SMILES string of the molecule is COc1c(C#N)c(SC(C(N)=O)c2ccccc2)nc(N2CCC(N)CC2)c1C#N.O=C(O)C(F)(F)F. The standard InChI is InChI=1S/C21H22N6O2S.C2HF3O2/c1-29-17-15(11-22)20(27-9-7-14(24)8-10-27)26-21(16(17)12-23)30-18(19(25)28)13-5-3-2-4-6-13;3-2(4,5)1(6)7/h2-6,14,18H,7-10,24H2,1H3,(H2,25,28);(H,6,7). The molecule has 1 aromatic carbocycles. The molecule has 5 N–H and O–H groups in total. The van der Waals surface area contributed by atoms with E-state index < -0.39 is 23.3 Å². The number of aromatic nitrogens is 1. The van der Waals surface area contributed by atoms with Crippen molar-refractivity contribution in [3.8, 4) is 17.9 Å². The lowest BCUT2D eigenvalue weighted by molar-refractivity contribution is -0.192. The number of carbonyl (C=O) groups is 2. The molecule has 1 atom stereocenters. The van der Waals surface area contributed by atoms with Crippen LogP contribution in [0.25, 0.3) is 0 Å². The number of primary amides is 1. The zero-order valence-corrected chi connectivity index (χ0v) is 20.3. The first-order chi connectivity index (χ1) is 17.4. The molecule has 0 saturated carbocycles. The molecule has 0 bridgehead atoms. The van der Waals surface area contributed by atoms with E-state index in [0.29, 0.717) is 29.5 Å². The highest BCUT2D eigenvalue weighted by Crippen LogP contribution is 2.42. The molecule has 1 fully saturated rings. The van der Waals surface area contributed by atoms with Crippen LogP contribution in [0.1, 0.15) is 34.8 Å². The lowest BCUT2D eigenvalue weighted by Crippen LogP contribution is -2.40. The molecule has 3 rings (SSSR count). The lowest BCUT2D eigenvalue weighted by atomic mass is 10.0. The van der Waals surface area contributed by atoms with Crippen molar-refractivity contribution in [1.29, 1.82) is 10.5 Å². The molecule has 0 radical (unpaired) electrons. The monoisotopic (exact) mass is 536 g/mol. The minimum Gasteiger partial charge on any atom is -0.494 e. The fourth-order valence-electron chi connectivity index (χ4n) is 3.39. The van der Waals surface area contributed by atoms with E-state index in [4.69, 9.17) is 26.1 Å². The molecule has 14 heteroatoms. The summed E-state index contributed by atoms with van der Waals surface area (Å²) in [6, 6.07) is 13.4. The zero-order valence-electron chi connectivity index (χ0n) is 19.5. The van der Waals surface area contributed by atoms with Crippen molar-refractivity contribution in [3.05, 3.63) is 47.0 Å². The predicted octanol–water partition coefficient (Wildman–Crippen LogP) is 2.71. The average molecular weight is 537 g/mol. The number of anilines is 1. The number of benzene rings is 1. The largest absolute Gasteiger partial charge is 0.494 e. The van der Waals surface area contributed by atoms with E-state index in [2.05, 4.69) is 17.1 Å². The van der Waals surface area contributed by atoms with Gasteiger partial charge >= 0.3 is 12.1 Å². The summed E-state index contributed by atoms with van der Waals surface area (Å²) in [5.74, 6) is -2.73. The third kappa shape index (κ3) is 7.49. The Bertz CT molecular complexity index is 1210. The number of amides is 1. The Morgan fingerprint density at radius 2 is 1.73 bits per heavy atom. The van der Waals surface area contributed by atoms with E-state index in [1.807, 2.05) is 23.1 Å². The van der Waals surface area contributed by atoms with Gasteiger partial charge in [-0.15, -0.1) is 0 Å². The fourth-order valence-corrected chi connectivity index (χ4v) is 4.42. The number of hydrogen-bond donors (Lipinski definition) is 3. The second-order valence-electron chi connectivity index (χ2n) is 7.69. The number of thioether (sulfide) groups is 1. The quantitative estimate of drug-likeness (QED) is 0.465. The smallest absolute Gasteiger partial charge is 0.490 e. The molecule has 1 amide bonds. The molecule has 1 saturated heterocycles. The number of pyridine rings is 1. The van der Waals surface area contributed by atoms with Crippen LogP contribution in [0.15, 0.2) is 35.4 Å². The van der Waals surface area contributed by atoms with Gasteiger partial charge in [0.2, 0.25) is 5.91 Å². The summed E-state index contributed by atoms with van der Waals surface area (Å²) in [4.78, 5) is 27.7. The predicted molar refractivity (Wildman–Crippen MR) is 128 cm³/mol. The highest BCUT2D eigenvalue weighted by atomic mass is 32.2. The molecule has 10 nitrogen and oxygen atoms in total. The van der Waals surface area contributed by atoms with Crippen LogP contribution in [-0.4, -0.2) is 54.4 Å². The number of carboxylic acids is 1. The van der Waals surface area contributed by atoms with Crippen molar-refractivity contribution in [3.63, 3.8) is 0 Å². The first kappa shape index (κ1) is 29.2. The lowest BCUT2D eigenvalue weighted by Gasteiger charge is -2.32. The third-order valence-corrected chi connectivity index (χ3v) is 6.46. The van der Waals surface area contributed by atoms with Gasteiger partial charge < -0.3 is 26.2 Å². The van der Waals surface area contributed by atoms with Gasteiger partial charge in [0.1, 0.15) is 33.5 Å². The Hall–Kier alpha value is -4.01. The van der Waals surface area contributed by atoms with Crippen LogP contribution >= 0.6 is 11.8 Å². The zero-order chi connectivity index (χ0) is 27.8. The van der Waals surface area contributed by atoms with Crippen LogP contribution in [-0.2, 0) is 9.59 Å². The number of hydrogen-bond acceptors (Lipinski definition) is 9. The molecule has 0 aliphatic carbocycles. The highest BCUT2D eigenvalue weighted by molar-refractivity contribution is 8.00. The van der Waals surface area contributed by atoms with Gasteiger partial charge in [0.05, 0.1) is 7.11 Å². The summed E-state index contributed by atoms with van der Waals surface area (Å²) in [7, 11) is 1.41. The Labute approximate surface area is 214 Å². The highest BCUT2D eigenvalue weighted by Gasteiger charge is 2.38. The molecular weight excluding hydrogens is 513 g/mol. The first-order valence-corrected chi connectivity index (χ1v) is 11.6. The Balaban J connectivity index is 0.000000604. The summed E-state index contributed by atoms with van der Waals surface area (Å²) in [6.45, 7) is 1.28. The van der Waals surface area contributed by atoms with Crippen molar-refractivity contribution >= 4 is 29.5 Å². The van der Waals surface area contributed by atoms with E-state index in [0.717, 1.165) is 24.6 Å². The maximum Gasteiger partial charge on any atom is 0.490 e. The van der Waals surface area contributed by atoms with Crippen LogP contribution < -0.4 is 21.1 Å². The number of halogens is 3. The molecule has 37 heavy (non-hydrogen) atoms. The second kappa shape index (κ2) is 12.8. The molecule has 1 unspecified atom stereocenters. The molecule has 196 valence electrons. The number of nitriles is 2. The van der Waals surface area contributed by atoms with Gasteiger partial charge in [-0.25, -0.2) is 9.78 Å². The number of piperidine rings is 1. The summed E-state index contributed by atoms with van der Waals surface area (Å²) in [6.07, 6.45) is -3.55. The van der Waals surface area contributed by atoms with Crippen molar-refractivity contribution in [2.24, 2.45) is 11.5 Å². The Morgan fingerprint density at radius 1 is 1.19 bits per heavy atom. The molecule has 2 heterocycles. The number of nitrogens with two attached hydrogens (primary N) is 2. The topological polar surface area (TPSA) is 179 Å². The van der Waals surface area contributed by atoms with Gasteiger partial charge in [0, 0.05) is 19.1 Å². The van der Waals surface area contributed by atoms with Crippen molar-refractivity contribution < 1.29 is 32.6 Å². The number of methoxy groups -OCH3 is 1. The van der Waals surface area contributed by atoms with Crippen molar-refractivity contribution in [2.45, 2.75) is 35.3 Å². The summed E-state index contributed by atoms with van der Waals surface area (Å²) in [5, 5.41) is 26.2. The minimum absolute atomic E-state index is 0.109. The van der Waals surface area contributed by atoms with Crippen molar-refractivity contribution in [1.82, 2.24) is 4.98 Å². The maximum absolute atomic E-state index is 12.2. The Kier molecular flexibility index (Phi) is 10.1. The van der Waals surface area contributed by atoms with Crippen molar-refractivity contribution in [2.75, 3.05) is 25.1 Å². The number of carbonyl (C=O) groups excluding carboxylic acids is 1. The second-order valence-corrected chi connectivity index (χ2v) is 8.78. The number of carboxylic acid groups (broad SMARTS) is 1. The van der Waals surface area contributed by atoms with Gasteiger partial charge in [0.25, 0.3) is 0 Å². The van der Waals surface area contributed by atoms with E-state index in [1.54, 1.807) is 12.1 Å². The van der Waals surface area contributed by atoms with Crippen LogP contribution in [0.2, 0.25) is 0 Å². The van der Waals surface area contributed by atoms with E-state index in [9.17, 15) is 28.5 Å². The van der Waals surface area contributed by atoms with Crippen LogP contribution in [0.4, 0.5) is 19.0 Å². The molecule has 2 aromatic rings. The maximum atomic E-state index is 12.2. The first-order valence-electron chi connectivity index (χ1n) is 10.7. The fraction of sp³-hybridized carbons (Fsp3) is 0.348. The van der Waals surface area contributed by atoms with E-state index >= 15 is 0 Å². The average Bonchev–Trinajstić information content (AvgIpc) is 2.86. The summed E-state index contributed by atoms with van der Waals surface area (Å²) >= 11 is 1.08. The van der Waals surface area contributed by atoms with Gasteiger partial charge in [-0.05, 0) is 18.4 Å². The molecule has 1 aromatic heterocycles. The number of nitrogens with zero attached hydrogens (tertiary/aromatic N) is 4. The molecular formula is C23H23F3N6O4S. The Morgan fingerprint density at radius 3 is 2.16 bits per heavy atom. The van der Waals surface area contributed by atoms with Gasteiger partial charge in [-0.2, -0.15) is 23.7 Å². The van der Waals surface area contributed by atoms with Crippen LogP contribution in [0.5, 0.6) is 5.75 Å². The summed E-state index contributed by atoms with van der Waals surface area (Å²) in [5.41, 5.74) is 12.7. The molecule has 1 aliphatic heterocycles. The number of ether oxygens (including phenoxy) is 1. The normalized spacial score (nSPS) is 14.4. The van der Waals surface area contributed by atoms with E-state index in [-0.39, 0.29) is 22.9 Å².